The molecule has 6 nitrogen and oxygen atoms in total. The molecule has 0 saturated carbocycles. The lowest BCUT2D eigenvalue weighted by atomic mass is 10.0. The second kappa shape index (κ2) is 9.27. The fraction of sp³-hybridized carbons (Fsp3) is 0.320. The van der Waals surface area contributed by atoms with Crippen LogP contribution in [0.2, 0.25) is 5.02 Å². The Morgan fingerprint density at radius 3 is 2.44 bits per heavy atom. The minimum Gasteiger partial charge on any atom is -0.468 e. The topological polar surface area (TPSA) is 62.7 Å². The Bertz CT molecular complexity index is 1170. The summed E-state index contributed by atoms with van der Waals surface area (Å²) in [5.74, 6) is -0.395. The molecule has 3 aromatic rings. The molecule has 4 rings (SSSR count). The number of hydrogen-bond acceptors (Lipinski definition) is 5. The highest BCUT2D eigenvalue weighted by Gasteiger charge is 2.34. The second-order valence-electron chi connectivity index (χ2n) is 8.09. The Labute approximate surface area is 192 Å². The fourth-order valence-electron chi connectivity index (χ4n) is 4.24. The number of methoxy groups -OCH3 is 1. The number of benzene rings is 2. The molecule has 1 amide bonds. The van der Waals surface area contributed by atoms with Crippen LogP contribution in [0.4, 0.5) is 0 Å². The molecule has 0 bridgehead atoms. The highest BCUT2D eigenvalue weighted by molar-refractivity contribution is 6.31. The summed E-state index contributed by atoms with van der Waals surface area (Å²) in [6, 6.07) is 14.7. The Balaban J connectivity index is 1.53. The number of aryl methyl sites for hydroxylation is 2. The van der Waals surface area contributed by atoms with Gasteiger partial charge in [-0.1, -0.05) is 41.4 Å². The average Bonchev–Trinajstić information content (AvgIpc) is 2.80. The van der Waals surface area contributed by atoms with Crippen molar-refractivity contribution in [2.75, 3.05) is 33.3 Å². The maximum Gasteiger partial charge on any atom is 0.327 e. The van der Waals surface area contributed by atoms with Gasteiger partial charge in [-0.2, -0.15) is 0 Å². The van der Waals surface area contributed by atoms with Crippen molar-refractivity contribution in [3.63, 3.8) is 0 Å². The summed E-state index contributed by atoms with van der Waals surface area (Å²) in [5, 5.41) is 1.48. The number of rotatable bonds is 4. The third-order valence-corrected chi connectivity index (χ3v) is 6.33. The van der Waals surface area contributed by atoms with Crippen molar-refractivity contribution in [2.45, 2.75) is 19.9 Å². The van der Waals surface area contributed by atoms with Gasteiger partial charge in [0.2, 0.25) is 0 Å². The SMILES string of the molecule is COC(=O)[C@H](c1ccccc1Cl)N1CCN(C(=O)c2cc3cc(C)ccc3nc2C)CC1. The summed E-state index contributed by atoms with van der Waals surface area (Å²) in [4.78, 5) is 34.3. The molecule has 1 saturated heterocycles. The van der Waals surface area contributed by atoms with Crippen molar-refractivity contribution >= 4 is 34.4 Å². The average molecular weight is 452 g/mol. The summed E-state index contributed by atoms with van der Waals surface area (Å²) in [7, 11) is 1.38. The molecule has 0 N–H and O–H groups in total. The summed E-state index contributed by atoms with van der Waals surface area (Å²) in [5.41, 5.74) is 4.06. The third-order valence-electron chi connectivity index (χ3n) is 5.98. The normalized spacial score (nSPS) is 15.6. The predicted octanol–water partition coefficient (Wildman–Crippen LogP) is 4.18. The van der Waals surface area contributed by atoms with E-state index < -0.39 is 6.04 Å². The van der Waals surface area contributed by atoms with E-state index in [4.69, 9.17) is 16.3 Å². The molecule has 2 heterocycles. The monoisotopic (exact) mass is 451 g/mol. The van der Waals surface area contributed by atoms with Gasteiger partial charge in [0.1, 0.15) is 6.04 Å². The molecular formula is C25H26ClN3O3. The third kappa shape index (κ3) is 4.33. The molecule has 7 heteroatoms. The number of piperazine rings is 1. The number of fused-ring (bicyclic) bond motifs is 1. The lowest BCUT2D eigenvalue weighted by molar-refractivity contribution is -0.148. The zero-order chi connectivity index (χ0) is 22.8. The van der Waals surface area contributed by atoms with Gasteiger partial charge in [-0.05, 0) is 43.7 Å². The number of ether oxygens (including phenoxy) is 1. The number of halogens is 1. The van der Waals surface area contributed by atoms with E-state index >= 15 is 0 Å². The van der Waals surface area contributed by atoms with Gasteiger partial charge in [0.05, 0.1) is 23.9 Å². The van der Waals surface area contributed by atoms with Crippen LogP contribution in [0.15, 0.2) is 48.5 Å². The molecular weight excluding hydrogens is 426 g/mol. The Morgan fingerprint density at radius 1 is 1.03 bits per heavy atom. The number of pyridine rings is 1. The van der Waals surface area contributed by atoms with Crippen LogP contribution >= 0.6 is 11.6 Å². The van der Waals surface area contributed by atoms with Gasteiger partial charge in [0.25, 0.3) is 5.91 Å². The minimum absolute atomic E-state index is 0.0367. The van der Waals surface area contributed by atoms with Crippen molar-refractivity contribution in [1.29, 1.82) is 0 Å². The number of hydrogen-bond donors (Lipinski definition) is 0. The van der Waals surface area contributed by atoms with Crippen molar-refractivity contribution in [3.05, 3.63) is 75.9 Å². The zero-order valence-electron chi connectivity index (χ0n) is 18.5. The van der Waals surface area contributed by atoms with Crippen LogP contribution < -0.4 is 0 Å². The van der Waals surface area contributed by atoms with E-state index in [1.807, 2.05) is 66.1 Å². The first kappa shape index (κ1) is 22.2. The first-order valence-electron chi connectivity index (χ1n) is 10.6. The molecule has 2 aromatic carbocycles. The number of aromatic nitrogens is 1. The molecule has 1 fully saturated rings. The Kier molecular flexibility index (Phi) is 6.44. The van der Waals surface area contributed by atoms with Gasteiger partial charge < -0.3 is 9.64 Å². The van der Waals surface area contributed by atoms with Crippen LogP contribution in [-0.2, 0) is 9.53 Å². The molecule has 0 aliphatic carbocycles. The highest BCUT2D eigenvalue weighted by atomic mass is 35.5. The van der Waals surface area contributed by atoms with E-state index in [9.17, 15) is 9.59 Å². The smallest absolute Gasteiger partial charge is 0.327 e. The molecule has 1 aliphatic rings. The number of carbonyl (C=O) groups is 2. The van der Waals surface area contributed by atoms with E-state index in [2.05, 4.69) is 4.98 Å². The van der Waals surface area contributed by atoms with Crippen LogP contribution in [0, 0.1) is 13.8 Å². The van der Waals surface area contributed by atoms with Gasteiger partial charge in [0.15, 0.2) is 0 Å². The molecule has 1 aromatic heterocycles. The van der Waals surface area contributed by atoms with E-state index in [1.54, 1.807) is 6.07 Å². The summed E-state index contributed by atoms with van der Waals surface area (Å²) in [6.07, 6.45) is 0. The van der Waals surface area contributed by atoms with Gasteiger partial charge in [0, 0.05) is 36.6 Å². The van der Waals surface area contributed by atoms with Gasteiger partial charge in [-0.25, -0.2) is 4.79 Å². The fourth-order valence-corrected chi connectivity index (χ4v) is 4.48. The molecule has 1 atom stereocenters. The largest absolute Gasteiger partial charge is 0.468 e. The molecule has 0 radical (unpaired) electrons. The summed E-state index contributed by atoms with van der Waals surface area (Å²) >= 11 is 6.37. The first-order chi connectivity index (χ1) is 15.4. The maximum atomic E-state index is 13.3. The Morgan fingerprint density at radius 2 is 1.75 bits per heavy atom. The van der Waals surface area contributed by atoms with E-state index in [0.29, 0.717) is 42.3 Å². The van der Waals surface area contributed by atoms with Crippen LogP contribution in [0.3, 0.4) is 0 Å². The molecule has 0 unspecified atom stereocenters. The summed E-state index contributed by atoms with van der Waals surface area (Å²) < 4.78 is 5.06. The number of nitrogens with zero attached hydrogens (tertiary/aromatic N) is 3. The molecule has 0 spiro atoms. The van der Waals surface area contributed by atoms with Crippen LogP contribution in [0.5, 0.6) is 0 Å². The summed E-state index contributed by atoms with van der Waals surface area (Å²) in [6.45, 7) is 5.97. The van der Waals surface area contributed by atoms with Crippen LogP contribution in [-0.4, -0.2) is 59.9 Å². The molecule has 32 heavy (non-hydrogen) atoms. The standard InChI is InChI=1S/C25H26ClN3O3/c1-16-8-9-22-18(14-16)15-20(17(2)27-22)24(30)29-12-10-28(11-13-29)23(25(31)32-3)19-6-4-5-7-21(19)26/h4-9,14-15,23H,10-13H2,1-3H3/t23-/m0/s1. The van der Waals surface area contributed by atoms with E-state index in [0.717, 1.165) is 22.2 Å². The minimum atomic E-state index is -0.599. The Hall–Kier alpha value is -2.96. The van der Waals surface area contributed by atoms with Crippen molar-refractivity contribution < 1.29 is 14.3 Å². The predicted molar refractivity (Wildman–Crippen MR) is 125 cm³/mol. The van der Waals surface area contributed by atoms with Crippen molar-refractivity contribution in [2.24, 2.45) is 0 Å². The number of carbonyl (C=O) groups excluding carboxylic acids is 2. The lowest BCUT2D eigenvalue weighted by Gasteiger charge is -2.38. The van der Waals surface area contributed by atoms with Crippen LogP contribution in [0.1, 0.15) is 33.2 Å². The maximum absolute atomic E-state index is 13.3. The quantitative estimate of drug-likeness (QED) is 0.557. The van der Waals surface area contributed by atoms with Crippen molar-refractivity contribution in [3.8, 4) is 0 Å². The van der Waals surface area contributed by atoms with Gasteiger partial charge >= 0.3 is 5.97 Å². The molecule has 1 aliphatic heterocycles. The second-order valence-corrected chi connectivity index (χ2v) is 8.50. The highest BCUT2D eigenvalue weighted by Crippen LogP contribution is 2.30. The van der Waals surface area contributed by atoms with E-state index in [1.165, 1.54) is 7.11 Å². The van der Waals surface area contributed by atoms with Crippen LogP contribution in [0.25, 0.3) is 10.9 Å². The van der Waals surface area contributed by atoms with Crippen molar-refractivity contribution in [1.82, 2.24) is 14.8 Å². The van der Waals surface area contributed by atoms with E-state index in [-0.39, 0.29) is 11.9 Å². The van der Waals surface area contributed by atoms with Gasteiger partial charge in [-0.3, -0.25) is 14.7 Å². The zero-order valence-corrected chi connectivity index (χ0v) is 19.2. The number of amides is 1. The lowest BCUT2D eigenvalue weighted by Crippen LogP contribution is -2.51. The first-order valence-corrected chi connectivity index (χ1v) is 11.0. The van der Waals surface area contributed by atoms with Gasteiger partial charge in [-0.15, -0.1) is 0 Å². The molecule has 166 valence electrons. The number of esters is 1.